The van der Waals surface area contributed by atoms with Crippen molar-refractivity contribution in [1.29, 1.82) is 0 Å². The van der Waals surface area contributed by atoms with Crippen molar-refractivity contribution in [1.82, 2.24) is 0 Å². The van der Waals surface area contributed by atoms with Crippen LogP contribution in [0.3, 0.4) is 0 Å². The second-order valence-electron chi connectivity index (χ2n) is 6.21. The Labute approximate surface area is 137 Å². The summed E-state index contributed by atoms with van der Waals surface area (Å²) in [5.41, 5.74) is 2.96. The Kier molecular flexibility index (Phi) is 2.81. The summed E-state index contributed by atoms with van der Waals surface area (Å²) >= 11 is 3.40. The van der Waals surface area contributed by atoms with Gasteiger partial charge in [-0.2, -0.15) is 0 Å². The van der Waals surface area contributed by atoms with E-state index in [0.29, 0.717) is 27.3 Å². The van der Waals surface area contributed by atoms with E-state index >= 15 is 0 Å². The molecule has 2 aromatic carbocycles. The second kappa shape index (κ2) is 4.43. The molecule has 0 fully saturated rings. The Morgan fingerprint density at radius 1 is 1.27 bits per heavy atom. The molecule has 0 bridgehead atoms. The van der Waals surface area contributed by atoms with Crippen LogP contribution in [0.25, 0.3) is 0 Å². The molecule has 0 amide bonds. The molecule has 2 unspecified atom stereocenters. The van der Waals surface area contributed by atoms with Crippen molar-refractivity contribution in [2.24, 2.45) is 0 Å². The minimum Gasteiger partial charge on any atom is -0.457 e. The average Bonchev–Trinajstić information content (AvgIpc) is 2.88. The van der Waals surface area contributed by atoms with Crippen LogP contribution in [-0.2, 0) is 5.79 Å². The Hall–Kier alpha value is -1.65. The lowest BCUT2D eigenvalue weighted by Crippen LogP contribution is -2.32. The maximum atomic E-state index is 12.8. The van der Waals surface area contributed by atoms with Crippen LogP contribution in [0.1, 0.15) is 52.7 Å². The van der Waals surface area contributed by atoms with Crippen molar-refractivity contribution < 1.29 is 14.6 Å². The van der Waals surface area contributed by atoms with Gasteiger partial charge in [-0.3, -0.25) is 4.79 Å². The van der Waals surface area contributed by atoms with E-state index in [0.717, 1.165) is 11.1 Å². The number of halogens is 1. The number of rotatable bonds is 1. The van der Waals surface area contributed by atoms with Gasteiger partial charge in [-0.05, 0) is 23.6 Å². The third-order valence-corrected chi connectivity index (χ3v) is 5.24. The summed E-state index contributed by atoms with van der Waals surface area (Å²) in [4.78, 5) is 12.8. The first-order valence-corrected chi connectivity index (χ1v) is 8.11. The molecule has 2 atom stereocenters. The number of fused-ring (bicyclic) bond motifs is 5. The molecule has 112 valence electrons. The van der Waals surface area contributed by atoms with Crippen LogP contribution in [-0.4, -0.2) is 10.9 Å². The quantitative estimate of drug-likeness (QED) is 0.834. The third-order valence-electron chi connectivity index (χ3n) is 4.58. The highest BCUT2D eigenvalue weighted by Gasteiger charge is 2.59. The fourth-order valence-electron chi connectivity index (χ4n) is 3.42. The Morgan fingerprint density at radius 3 is 2.77 bits per heavy atom. The van der Waals surface area contributed by atoms with Crippen LogP contribution in [0.5, 0.6) is 5.75 Å². The molecule has 4 rings (SSSR count). The standard InChI is InChI=1S/C18H15BrO3/c1-9(2)10-6-7-11-14(8-10)22-18(21)12-4-3-5-13(19)15(12)17(20)16(11)18/h3-9,16,21H,1-2H3. The fourth-order valence-corrected chi connectivity index (χ4v) is 3.98. The van der Waals surface area contributed by atoms with Gasteiger partial charge < -0.3 is 9.84 Å². The van der Waals surface area contributed by atoms with E-state index in [2.05, 4.69) is 29.8 Å². The molecule has 1 heterocycles. The van der Waals surface area contributed by atoms with Crippen molar-refractivity contribution in [3.63, 3.8) is 0 Å². The van der Waals surface area contributed by atoms with Crippen molar-refractivity contribution >= 4 is 21.7 Å². The van der Waals surface area contributed by atoms with Gasteiger partial charge in [0, 0.05) is 21.2 Å². The molecule has 22 heavy (non-hydrogen) atoms. The molecule has 0 aromatic heterocycles. The molecule has 2 aromatic rings. The van der Waals surface area contributed by atoms with Crippen molar-refractivity contribution in [2.75, 3.05) is 0 Å². The normalized spacial score (nSPS) is 25.0. The van der Waals surface area contributed by atoms with Crippen LogP contribution >= 0.6 is 15.9 Å². The lowest BCUT2D eigenvalue weighted by Gasteiger charge is -2.22. The van der Waals surface area contributed by atoms with Crippen LogP contribution in [0.2, 0.25) is 0 Å². The molecule has 1 aliphatic carbocycles. The van der Waals surface area contributed by atoms with Gasteiger partial charge in [-0.15, -0.1) is 0 Å². The molecular weight excluding hydrogens is 344 g/mol. The number of aliphatic hydroxyl groups is 1. The number of carbonyl (C=O) groups is 1. The fraction of sp³-hybridized carbons (Fsp3) is 0.278. The summed E-state index contributed by atoms with van der Waals surface area (Å²) in [6.07, 6.45) is 0. The molecule has 3 nitrogen and oxygen atoms in total. The Bertz CT molecular complexity index is 812. The Morgan fingerprint density at radius 2 is 2.05 bits per heavy atom. The van der Waals surface area contributed by atoms with E-state index in [4.69, 9.17) is 4.74 Å². The lowest BCUT2D eigenvalue weighted by molar-refractivity contribution is -0.134. The summed E-state index contributed by atoms with van der Waals surface area (Å²) in [6, 6.07) is 11.2. The molecule has 4 heteroatoms. The topological polar surface area (TPSA) is 46.5 Å². The number of carbonyl (C=O) groups excluding carboxylic acids is 1. The largest absolute Gasteiger partial charge is 0.457 e. The maximum absolute atomic E-state index is 12.8. The Balaban J connectivity index is 1.91. The monoisotopic (exact) mass is 358 g/mol. The predicted octanol–water partition coefficient (Wildman–Crippen LogP) is 4.09. The molecule has 0 radical (unpaired) electrons. The van der Waals surface area contributed by atoms with Gasteiger partial charge >= 0.3 is 0 Å². The first kappa shape index (κ1) is 14.0. The van der Waals surface area contributed by atoms with E-state index in [1.807, 2.05) is 30.3 Å². The first-order valence-electron chi connectivity index (χ1n) is 7.32. The van der Waals surface area contributed by atoms with Gasteiger partial charge in [0.25, 0.3) is 0 Å². The zero-order chi connectivity index (χ0) is 15.6. The zero-order valence-corrected chi connectivity index (χ0v) is 13.8. The van der Waals surface area contributed by atoms with Gasteiger partial charge in [-0.25, -0.2) is 0 Å². The molecule has 0 saturated carbocycles. The van der Waals surface area contributed by atoms with Gasteiger partial charge in [0.2, 0.25) is 5.79 Å². The van der Waals surface area contributed by atoms with E-state index in [1.165, 1.54) is 0 Å². The van der Waals surface area contributed by atoms with E-state index in [1.54, 1.807) is 6.07 Å². The summed E-state index contributed by atoms with van der Waals surface area (Å²) in [7, 11) is 0. The molecular formula is C18H15BrO3. The van der Waals surface area contributed by atoms with Gasteiger partial charge in [0.05, 0.1) is 0 Å². The van der Waals surface area contributed by atoms with Crippen LogP contribution in [0.4, 0.5) is 0 Å². The number of hydrogen-bond acceptors (Lipinski definition) is 3. The van der Waals surface area contributed by atoms with Crippen molar-refractivity contribution in [3.8, 4) is 5.75 Å². The van der Waals surface area contributed by atoms with Crippen molar-refractivity contribution in [3.05, 3.63) is 63.1 Å². The summed E-state index contributed by atoms with van der Waals surface area (Å²) in [5.74, 6) is -1.40. The smallest absolute Gasteiger partial charge is 0.250 e. The van der Waals surface area contributed by atoms with E-state index in [-0.39, 0.29) is 5.78 Å². The van der Waals surface area contributed by atoms with Gasteiger partial charge in [-0.1, -0.05) is 54.0 Å². The molecule has 1 aliphatic heterocycles. The van der Waals surface area contributed by atoms with E-state index < -0.39 is 11.7 Å². The van der Waals surface area contributed by atoms with Crippen LogP contribution in [0, 0.1) is 0 Å². The van der Waals surface area contributed by atoms with Gasteiger partial charge in [0.1, 0.15) is 11.7 Å². The van der Waals surface area contributed by atoms with Crippen LogP contribution < -0.4 is 4.74 Å². The number of Topliss-reactive ketones (excluding diaryl/α,β-unsaturated/α-hetero) is 1. The van der Waals surface area contributed by atoms with Gasteiger partial charge in [0.15, 0.2) is 5.78 Å². The molecule has 1 N–H and O–H groups in total. The first-order chi connectivity index (χ1) is 10.4. The minimum atomic E-state index is -1.59. The third kappa shape index (κ3) is 1.62. The highest BCUT2D eigenvalue weighted by Crippen LogP contribution is 2.56. The van der Waals surface area contributed by atoms with Crippen molar-refractivity contribution in [2.45, 2.75) is 31.5 Å². The lowest BCUT2D eigenvalue weighted by atomic mass is 9.91. The molecule has 2 aliphatic rings. The number of hydrogen-bond donors (Lipinski definition) is 1. The summed E-state index contributed by atoms with van der Waals surface area (Å²) in [5, 5.41) is 11.1. The number of ether oxygens (including phenoxy) is 1. The number of benzene rings is 2. The zero-order valence-electron chi connectivity index (χ0n) is 12.3. The van der Waals surface area contributed by atoms with Crippen LogP contribution in [0.15, 0.2) is 40.9 Å². The highest BCUT2D eigenvalue weighted by atomic mass is 79.9. The second-order valence-corrected chi connectivity index (χ2v) is 7.06. The SMILES string of the molecule is CC(C)c1ccc2c(c1)OC1(O)c3cccc(Br)c3C(=O)C21. The molecule has 0 saturated heterocycles. The van der Waals surface area contributed by atoms with E-state index in [9.17, 15) is 9.90 Å². The number of ketones is 1. The summed E-state index contributed by atoms with van der Waals surface area (Å²) in [6.45, 7) is 4.20. The summed E-state index contributed by atoms with van der Waals surface area (Å²) < 4.78 is 6.57. The highest BCUT2D eigenvalue weighted by molar-refractivity contribution is 9.10. The minimum absolute atomic E-state index is 0.0963. The maximum Gasteiger partial charge on any atom is 0.250 e. The molecule has 0 spiro atoms. The average molecular weight is 359 g/mol. The predicted molar refractivity (Wildman–Crippen MR) is 86.3 cm³/mol.